The third-order valence-electron chi connectivity index (χ3n) is 4.02. The Kier molecular flexibility index (Phi) is 4.96. The zero-order valence-corrected chi connectivity index (χ0v) is 13.1. The van der Waals surface area contributed by atoms with E-state index in [1.165, 1.54) is 12.1 Å². The Morgan fingerprint density at radius 2 is 1.95 bits per heavy atom. The number of amides is 1. The number of hydrogen-bond acceptors (Lipinski definition) is 1. The molecule has 1 amide bonds. The Morgan fingerprint density at radius 3 is 2.52 bits per heavy atom. The van der Waals surface area contributed by atoms with Crippen molar-refractivity contribution in [1.82, 2.24) is 5.32 Å². The summed E-state index contributed by atoms with van der Waals surface area (Å²) in [5, 5.41) is 3.57. The molecule has 0 bridgehead atoms. The lowest BCUT2D eigenvalue weighted by atomic mass is 9.89. The van der Waals surface area contributed by atoms with Crippen molar-refractivity contribution in [3.63, 3.8) is 0 Å². The molecule has 1 aliphatic rings. The maximum Gasteiger partial charge on any atom is 0.416 e. The molecular formula is C15H17BrF3NO. The van der Waals surface area contributed by atoms with E-state index >= 15 is 0 Å². The van der Waals surface area contributed by atoms with Gasteiger partial charge in [0, 0.05) is 17.4 Å². The van der Waals surface area contributed by atoms with Crippen LogP contribution in [0.4, 0.5) is 13.2 Å². The van der Waals surface area contributed by atoms with Gasteiger partial charge < -0.3 is 5.32 Å². The largest absolute Gasteiger partial charge is 0.416 e. The van der Waals surface area contributed by atoms with Crippen LogP contribution in [0.15, 0.2) is 24.3 Å². The van der Waals surface area contributed by atoms with Crippen molar-refractivity contribution in [3.05, 3.63) is 35.4 Å². The molecule has 0 spiro atoms. The van der Waals surface area contributed by atoms with Crippen LogP contribution in [0.2, 0.25) is 0 Å². The molecule has 1 N–H and O–H groups in total. The molecule has 1 saturated carbocycles. The van der Waals surface area contributed by atoms with Crippen LogP contribution in [-0.4, -0.2) is 17.8 Å². The Labute approximate surface area is 130 Å². The molecule has 2 rings (SSSR count). The zero-order chi connectivity index (χ0) is 15.5. The van der Waals surface area contributed by atoms with E-state index in [2.05, 4.69) is 21.2 Å². The van der Waals surface area contributed by atoms with Gasteiger partial charge in [0.15, 0.2) is 0 Å². The molecule has 1 aliphatic carbocycles. The smallest absolute Gasteiger partial charge is 0.351 e. The van der Waals surface area contributed by atoms with Crippen molar-refractivity contribution in [3.8, 4) is 0 Å². The van der Waals surface area contributed by atoms with Crippen molar-refractivity contribution in [1.29, 1.82) is 0 Å². The third-order valence-corrected chi connectivity index (χ3v) is 5.21. The summed E-state index contributed by atoms with van der Waals surface area (Å²) in [6, 6.07) is 4.52. The highest BCUT2D eigenvalue weighted by Crippen LogP contribution is 2.39. The molecule has 0 atom stereocenters. The molecule has 0 aliphatic heterocycles. The molecule has 6 heteroatoms. The Hall–Kier alpha value is -1.04. The first-order valence-electron chi connectivity index (χ1n) is 6.88. The summed E-state index contributed by atoms with van der Waals surface area (Å²) in [4.78, 5) is 12.0. The van der Waals surface area contributed by atoms with Gasteiger partial charge in [-0.1, -0.05) is 34.8 Å². The van der Waals surface area contributed by atoms with Gasteiger partial charge in [-0.25, -0.2) is 0 Å². The van der Waals surface area contributed by atoms with Crippen LogP contribution < -0.4 is 5.32 Å². The van der Waals surface area contributed by atoms with Gasteiger partial charge in [-0.15, -0.1) is 0 Å². The van der Waals surface area contributed by atoms with Crippen LogP contribution in [0.5, 0.6) is 0 Å². The highest BCUT2D eigenvalue weighted by Gasteiger charge is 2.34. The number of carbonyl (C=O) groups excluding carboxylic acids is 1. The van der Waals surface area contributed by atoms with Gasteiger partial charge in [-0.05, 0) is 36.5 Å². The van der Waals surface area contributed by atoms with Gasteiger partial charge in [0.1, 0.15) is 0 Å². The molecule has 1 fully saturated rings. The highest BCUT2D eigenvalue weighted by atomic mass is 79.9. The summed E-state index contributed by atoms with van der Waals surface area (Å²) in [7, 11) is 0. The van der Waals surface area contributed by atoms with Crippen LogP contribution >= 0.6 is 15.9 Å². The van der Waals surface area contributed by atoms with Gasteiger partial charge in [-0.3, -0.25) is 4.79 Å². The van der Waals surface area contributed by atoms with Crippen LogP contribution in [0.1, 0.15) is 41.6 Å². The zero-order valence-electron chi connectivity index (χ0n) is 11.5. The average molecular weight is 364 g/mol. The monoisotopic (exact) mass is 363 g/mol. The molecule has 0 heterocycles. The lowest BCUT2D eigenvalue weighted by Crippen LogP contribution is -2.37. The quantitative estimate of drug-likeness (QED) is 0.789. The molecule has 2 nitrogen and oxygen atoms in total. The van der Waals surface area contributed by atoms with Crippen LogP contribution in [-0.2, 0) is 6.18 Å². The number of rotatable bonds is 4. The first-order valence-corrected chi connectivity index (χ1v) is 8.00. The van der Waals surface area contributed by atoms with E-state index in [1.807, 2.05) is 0 Å². The fourth-order valence-electron chi connectivity index (χ4n) is 2.69. The molecule has 0 unspecified atom stereocenters. The van der Waals surface area contributed by atoms with E-state index in [1.54, 1.807) is 0 Å². The van der Waals surface area contributed by atoms with E-state index < -0.39 is 17.6 Å². The van der Waals surface area contributed by atoms with E-state index in [0.717, 1.165) is 43.1 Å². The maximum atomic E-state index is 12.6. The van der Waals surface area contributed by atoms with E-state index in [9.17, 15) is 18.0 Å². The Morgan fingerprint density at radius 1 is 1.29 bits per heavy atom. The van der Waals surface area contributed by atoms with E-state index in [4.69, 9.17) is 0 Å². The SMILES string of the molecule is O=C(NCC1(CBr)CCCC1)c1cccc(C(F)(F)F)c1. The minimum absolute atomic E-state index is 0.0390. The third kappa shape index (κ3) is 3.99. The number of carbonyl (C=O) groups is 1. The van der Waals surface area contributed by atoms with E-state index in [0.29, 0.717) is 6.54 Å². The van der Waals surface area contributed by atoms with Gasteiger partial charge in [0.2, 0.25) is 0 Å². The van der Waals surface area contributed by atoms with Gasteiger partial charge >= 0.3 is 6.18 Å². The van der Waals surface area contributed by atoms with Crippen LogP contribution in [0, 0.1) is 5.41 Å². The van der Waals surface area contributed by atoms with E-state index in [-0.39, 0.29) is 11.0 Å². The number of hydrogen-bond donors (Lipinski definition) is 1. The molecule has 1 aromatic carbocycles. The summed E-state index contributed by atoms with van der Waals surface area (Å²) in [5.41, 5.74) is -0.712. The number of benzene rings is 1. The number of nitrogens with one attached hydrogen (secondary N) is 1. The minimum Gasteiger partial charge on any atom is -0.351 e. The highest BCUT2D eigenvalue weighted by molar-refractivity contribution is 9.09. The lowest BCUT2D eigenvalue weighted by Gasteiger charge is -2.26. The normalized spacial score (nSPS) is 17.7. The van der Waals surface area contributed by atoms with Gasteiger partial charge in [-0.2, -0.15) is 13.2 Å². The first kappa shape index (κ1) is 16.3. The summed E-state index contributed by atoms with van der Waals surface area (Å²) in [6.07, 6.45) is -0.114. The average Bonchev–Trinajstić information content (AvgIpc) is 2.93. The Bertz CT molecular complexity index is 510. The molecule has 21 heavy (non-hydrogen) atoms. The summed E-state index contributed by atoms with van der Waals surface area (Å²) >= 11 is 3.48. The first-order chi connectivity index (χ1) is 9.86. The fourth-order valence-corrected chi connectivity index (χ4v) is 3.45. The molecule has 0 aromatic heterocycles. The van der Waals surface area contributed by atoms with Crippen molar-refractivity contribution >= 4 is 21.8 Å². The van der Waals surface area contributed by atoms with Gasteiger partial charge in [0.25, 0.3) is 5.91 Å². The Balaban J connectivity index is 2.04. The standard InChI is InChI=1S/C15H17BrF3NO/c16-9-14(6-1-2-7-14)10-20-13(21)11-4-3-5-12(8-11)15(17,18)19/h3-5,8H,1-2,6-7,9-10H2,(H,20,21). The number of halogens is 4. The van der Waals surface area contributed by atoms with Crippen molar-refractivity contribution in [2.45, 2.75) is 31.9 Å². The second kappa shape index (κ2) is 6.38. The van der Waals surface area contributed by atoms with Crippen molar-refractivity contribution < 1.29 is 18.0 Å². The molecule has 1 aromatic rings. The predicted octanol–water partition coefficient (Wildman–Crippen LogP) is 4.39. The van der Waals surface area contributed by atoms with Crippen molar-refractivity contribution in [2.24, 2.45) is 5.41 Å². The lowest BCUT2D eigenvalue weighted by molar-refractivity contribution is -0.137. The second-order valence-electron chi connectivity index (χ2n) is 5.60. The summed E-state index contributed by atoms with van der Waals surface area (Å²) in [5.74, 6) is -0.451. The molecular weight excluding hydrogens is 347 g/mol. The minimum atomic E-state index is -4.43. The topological polar surface area (TPSA) is 29.1 Å². The maximum absolute atomic E-state index is 12.6. The van der Waals surface area contributed by atoms with Crippen LogP contribution in [0.3, 0.4) is 0 Å². The summed E-state index contributed by atoms with van der Waals surface area (Å²) in [6.45, 7) is 0.493. The summed E-state index contributed by atoms with van der Waals surface area (Å²) < 4.78 is 37.9. The van der Waals surface area contributed by atoms with Gasteiger partial charge in [0.05, 0.1) is 5.56 Å². The number of alkyl halides is 4. The predicted molar refractivity (Wildman–Crippen MR) is 78.5 cm³/mol. The molecule has 0 saturated heterocycles. The molecule has 0 radical (unpaired) electrons. The fraction of sp³-hybridized carbons (Fsp3) is 0.533. The van der Waals surface area contributed by atoms with Crippen molar-refractivity contribution in [2.75, 3.05) is 11.9 Å². The van der Waals surface area contributed by atoms with Crippen LogP contribution in [0.25, 0.3) is 0 Å². The second-order valence-corrected chi connectivity index (χ2v) is 6.16. The molecule has 116 valence electrons.